The second-order valence-electron chi connectivity index (χ2n) is 7.03. The minimum Gasteiger partial charge on any atom is -0.490 e. The number of aromatic nitrogens is 3. The standard InChI is InChI=1S/C22H21N3O/c1-2-9-17(10-3-1)26-20-14-16-8-5-4-7-15(16)13-18(20)21-24-19-11-6-12-23-22(19)25-21/h4-8,11-14,17H,1-3,9-10H2,(H,23,24,25). The Morgan fingerprint density at radius 2 is 1.73 bits per heavy atom. The zero-order valence-electron chi connectivity index (χ0n) is 14.6. The summed E-state index contributed by atoms with van der Waals surface area (Å²) >= 11 is 0. The topological polar surface area (TPSA) is 50.8 Å². The first-order valence-electron chi connectivity index (χ1n) is 9.37. The van der Waals surface area contributed by atoms with Crippen LogP contribution in [0.3, 0.4) is 0 Å². The lowest BCUT2D eigenvalue weighted by atomic mass is 9.97. The normalized spacial score (nSPS) is 15.5. The third kappa shape index (κ3) is 2.81. The molecule has 1 N–H and O–H groups in total. The molecule has 26 heavy (non-hydrogen) atoms. The number of benzene rings is 2. The van der Waals surface area contributed by atoms with Gasteiger partial charge in [-0.15, -0.1) is 0 Å². The molecule has 0 spiro atoms. The van der Waals surface area contributed by atoms with Gasteiger partial charge in [-0.1, -0.05) is 30.7 Å². The van der Waals surface area contributed by atoms with Crippen LogP contribution < -0.4 is 4.74 Å². The number of imidazole rings is 1. The number of H-pyrrole nitrogens is 1. The minimum atomic E-state index is 0.297. The molecule has 0 radical (unpaired) electrons. The van der Waals surface area contributed by atoms with Crippen LogP contribution in [-0.4, -0.2) is 21.1 Å². The average Bonchev–Trinajstić information content (AvgIpc) is 3.12. The van der Waals surface area contributed by atoms with Crippen molar-refractivity contribution in [2.75, 3.05) is 0 Å². The summed E-state index contributed by atoms with van der Waals surface area (Å²) in [5, 5.41) is 2.38. The molecule has 2 aromatic carbocycles. The fourth-order valence-electron chi connectivity index (χ4n) is 3.84. The van der Waals surface area contributed by atoms with E-state index in [2.05, 4.69) is 46.4 Å². The van der Waals surface area contributed by atoms with Crippen molar-refractivity contribution in [1.82, 2.24) is 15.0 Å². The molecule has 0 amide bonds. The maximum Gasteiger partial charge on any atom is 0.178 e. The molecule has 4 nitrogen and oxygen atoms in total. The molecule has 130 valence electrons. The van der Waals surface area contributed by atoms with Gasteiger partial charge in [-0.3, -0.25) is 0 Å². The van der Waals surface area contributed by atoms with Gasteiger partial charge in [0.25, 0.3) is 0 Å². The van der Waals surface area contributed by atoms with Gasteiger partial charge in [0.1, 0.15) is 11.6 Å². The molecular weight excluding hydrogens is 322 g/mol. The summed E-state index contributed by atoms with van der Waals surface area (Å²) in [5.41, 5.74) is 2.69. The first-order valence-corrected chi connectivity index (χ1v) is 9.37. The van der Waals surface area contributed by atoms with E-state index in [0.29, 0.717) is 6.10 Å². The van der Waals surface area contributed by atoms with Crippen molar-refractivity contribution in [3.63, 3.8) is 0 Å². The van der Waals surface area contributed by atoms with Crippen LogP contribution in [0, 0.1) is 0 Å². The van der Waals surface area contributed by atoms with E-state index in [-0.39, 0.29) is 0 Å². The molecule has 1 aliphatic rings. The number of pyridine rings is 1. The van der Waals surface area contributed by atoms with Crippen LogP contribution in [0.25, 0.3) is 33.3 Å². The molecule has 4 aromatic rings. The molecule has 1 saturated carbocycles. The lowest BCUT2D eigenvalue weighted by molar-refractivity contribution is 0.156. The molecular formula is C22H21N3O. The van der Waals surface area contributed by atoms with Gasteiger partial charge >= 0.3 is 0 Å². The third-order valence-electron chi connectivity index (χ3n) is 5.21. The lowest BCUT2D eigenvalue weighted by Crippen LogP contribution is -2.20. The van der Waals surface area contributed by atoms with Crippen molar-refractivity contribution >= 4 is 21.9 Å². The van der Waals surface area contributed by atoms with E-state index in [1.54, 1.807) is 6.20 Å². The van der Waals surface area contributed by atoms with E-state index in [0.717, 1.165) is 41.1 Å². The number of aromatic amines is 1. The van der Waals surface area contributed by atoms with E-state index in [9.17, 15) is 0 Å². The minimum absolute atomic E-state index is 0.297. The van der Waals surface area contributed by atoms with E-state index in [4.69, 9.17) is 9.72 Å². The summed E-state index contributed by atoms with van der Waals surface area (Å²) in [6.45, 7) is 0. The van der Waals surface area contributed by atoms with Crippen molar-refractivity contribution in [3.05, 3.63) is 54.7 Å². The third-order valence-corrected chi connectivity index (χ3v) is 5.21. The Kier molecular flexibility index (Phi) is 3.81. The maximum atomic E-state index is 6.46. The first-order chi connectivity index (χ1) is 12.9. The number of hydrogen-bond acceptors (Lipinski definition) is 3. The Morgan fingerprint density at radius 3 is 2.54 bits per heavy atom. The lowest BCUT2D eigenvalue weighted by Gasteiger charge is -2.24. The van der Waals surface area contributed by atoms with Crippen LogP contribution in [0.1, 0.15) is 32.1 Å². The fourth-order valence-corrected chi connectivity index (χ4v) is 3.84. The molecule has 0 unspecified atom stereocenters. The Morgan fingerprint density at radius 1 is 0.923 bits per heavy atom. The van der Waals surface area contributed by atoms with Gasteiger partial charge in [-0.25, -0.2) is 9.97 Å². The quantitative estimate of drug-likeness (QED) is 0.535. The summed E-state index contributed by atoms with van der Waals surface area (Å²) in [4.78, 5) is 12.4. The van der Waals surface area contributed by atoms with Crippen molar-refractivity contribution in [2.24, 2.45) is 0 Å². The van der Waals surface area contributed by atoms with E-state index in [1.807, 2.05) is 12.1 Å². The van der Waals surface area contributed by atoms with E-state index < -0.39 is 0 Å². The Hall–Kier alpha value is -2.88. The number of fused-ring (bicyclic) bond motifs is 2. The van der Waals surface area contributed by atoms with E-state index >= 15 is 0 Å². The van der Waals surface area contributed by atoms with Gasteiger partial charge in [0.05, 0.1) is 17.2 Å². The first kappa shape index (κ1) is 15.4. The van der Waals surface area contributed by atoms with Crippen molar-refractivity contribution in [1.29, 1.82) is 0 Å². The van der Waals surface area contributed by atoms with Gasteiger partial charge < -0.3 is 9.72 Å². The largest absolute Gasteiger partial charge is 0.490 e. The SMILES string of the molecule is c1ccc2cc(-c3nc4ncccc4[nH]3)c(OC3CCCCC3)cc2c1. The fraction of sp³-hybridized carbons (Fsp3) is 0.273. The molecule has 2 aromatic heterocycles. The number of ether oxygens (including phenoxy) is 1. The van der Waals surface area contributed by atoms with Gasteiger partial charge in [-0.2, -0.15) is 0 Å². The number of hydrogen-bond donors (Lipinski definition) is 1. The van der Waals surface area contributed by atoms with Crippen LogP contribution in [0.5, 0.6) is 5.75 Å². The summed E-state index contributed by atoms with van der Waals surface area (Å²) in [5.74, 6) is 1.73. The summed E-state index contributed by atoms with van der Waals surface area (Å²) in [6, 6.07) is 16.6. The van der Waals surface area contributed by atoms with Crippen molar-refractivity contribution in [2.45, 2.75) is 38.2 Å². The highest BCUT2D eigenvalue weighted by atomic mass is 16.5. The zero-order valence-corrected chi connectivity index (χ0v) is 14.6. The number of rotatable bonds is 3. The highest BCUT2D eigenvalue weighted by Gasteiger charge is 2.19. The van der Waals surface area contributed by atoms with Crippen LogP contribution >= 0.6 is 0 Å². The Labute approximate surface area is 152 Å². The van der Waals surface area contributed by atoms with Crippen molar-refractivity contribution < 1.29 is 4.74 Å². The average molecular weight is 343 g/mol. The molecule has 5 rings (SSSR count). The summed E-state index contributed by atoms with van der Waals surface area (Å²) < 4.78 is 6.46. The van der Waals surface area contributed by atoms with Gasteiger partial charge in [0.15, 0.2) is 5.65 Å². The molecule has 0 bridgehead atoms. The highest BCUT2D eigenvalue weighted by Crippen LogP contribution is 2.35. The van der Waals surface area contributed by atoms with E-state index in [1.165, 1.54) is 30.0 Å². The maximum absolute atomic E-state index is 6.46. The van der Waals surface area contributed by atoms with Gasteiger partial charge in [0.2, 0.25) is 0 Å². The summed E-state index contributed by atoms with van der Waals surface area (Å²) in [6.07, 6.45) is 8.16. The summed E-state index contributed by atoms with van der Waals surface area (Å²) in [7, 11) is 0. The molecule has 0 aliphatic heterocycles. The molecule has 2 heterocycles. The molecule has 1 aliphatic carbocycles. The smallest absolute Gasteiger partial charge is 0.178 e. The van der Waals surface area contributed by atoms with Gasteiger partial charge in [-0.05, 0) is 60.7 Å². The molecule has 4 heteroatoms. The predicted molar refractivity (Wildman–Crippen MR) is 104 cm³/mol. The monoisotopic (exact) mass is 343 g/mol. The predicted octanol–water partition coefficient (Wildman–Crippen LogP) is 5.49. The number of nitrogens with zero attached hydrogens (tertiary/aromatic N) is 2. The second-order valence-corrected chi connectivity index (χ2v) is 7.03. The Bertz CT molecular complexity index is 1030. The van der Waals surface area contributed by atoms with Crippen LogP contribution in [0.2, 0.25) is 0 Å². The zero-order chi connectivity index (χ0) is 17.3. The molecule has 0 atom stereocenters. The van der Waals surface area contributed by atoms with Crippen LogP contribution in [0.4, 0.5) is 0 Å². The highest BCUT2D eigenvalue weighted by molar-refractivity contribution is 5.90. The molecule has 0 saturated heterocycles. The van der Waals surface area contributed by atoms with Crippen molar-refractivity contribution in [3.8, 4) is 17.1 Å². The van der Waals surface area contributed by atoms with Crippen LogP contribution in [0.15, 0.2) is 54.7 Å². The van der Waals surface area contributed by atoms with Crippen LogP contribution in [-0.2, 0) is 0 Å². The van der Waals surface area contributed by atoms with Gasteiger partial charge in [0, 0.05) is 6.20 Å². The number of nitrogens with one attached hydrogen (secondary N) is 1. The Balaban J connectivity index is 1.64. The molecule has 1 fully saturated rings. The second kappa shape index (κ2) is 6.45.